The van der Waals surface area contributed by atoms with Gasteiger partial charge in [0.05, 0.1) is 4.90 Å². The van der Waals surface area contributed by atoms with E-state index >= 15 is 0 Å². The Hall–Kier alpha value is -3.64. The molecule has 1 aromatic heterocycles. The number of ether oxygens (including phenoxy) is 1. The van der Waals surface area contributed by atoms with Crippen LogP contribution in [0.25, 0.3) is 0 Å². The number of hydrogen-bond donors (Lipinski definition) is 1. The molecule has 0 saturated carbocycles. The lowest BCUT2D eigenvalue weighted by Gasteiger charge is -2.40. The largest absolute Gasteiger partial charge is 0.444 e. The molecule has 1 spiro atoms. The Balaban J connectivity index is 0.00000384. The van der Waals surface area contributed by atoms with Gasteiger partial charge in [-0.2, -0.15) is 0 Å². The summed E-state index contributed by atoms with van der Waals surface area (Å²) in [6.45, 7) is 10.2. The fourth-order valence-electron chi connectivity index (χ4n) is 6.43. The molecule has 3 aromatic rings. The summed E-state index contributed by atoms with van der Waals surface area (Å²) < 4.78 is 33.6. The third-order valence-corrected chi connectivity index (χ3v) is 10.7. The molecule has 43 heavy (non-hydrogen) atoms. The second-order valence-electron chi connectivity index (χ2n) is 12.6. The van der Waals surface area contributed by atoms with E-state index < -0.39 is 15.6 Å². The summed E-state index contributed by atoms with van der Waals surface area (Å²) >= 11 is 1.21. The Kier molecular flexibility index (Phi) is 7.40. The lowest BCUT2D eigenvalue weighted by molar-refractivity contribution is -0.118. The number of nitrogens with one attached hydrogen (secondary N) is 1. The van der Waals surface area contributed by atoms with E-state index in [4.69, 9.17) is 4.74 Å². The molecule has 1 atom stereocenters. The maximum absolute atomic E-state index is 13.9. The monoisotopic (exact) mass is 625 g/mol. The molecule has 10 nitrogen and oxygen atoms in total. The van der Waals surface area contributed by atoms with Gasteiger partial charge in [-0.25, -0.2) is 18.2 Å². The van der Waals surface area contributed by atoms with E-state index in [0.717, 1.165) is 25.1 Å². The minimum atomic E-state index is -3.78. The van der Waals surface area contributed by atoms with Crippen molar-refractivity contribution in [3.8, 4) is 0 Å². The lowest BCUT2D eigenvalue weighted by Crippen LogP contribution is -2.50. The Morgan fingerprint density at radius 1 is 1.12 bits per heavy atom. The van der Waals surface area contributed by atoms with Crippen molar-refractivity contribution in [3.63, 3.8) is 0 Å². The zero-order valence-electron chi connectivity index (χ0n) is 24.9. The van der Waals surface area contributed by atoms with Crippen molar-refractivity contribution in [2.24, 2.45) is 0 Å². The molecule has 2 saturated heterocycles. The normalized spacial score (nSPS) is 20.0. The standard InChI is InChI=1S/C31H37N5O5S2.H2/c1-21-5-10-25-24(19-21)31(12-16-34(17-13-31)29(38)41-30(2,3)4)20-36(25)26-11-15-35(27(26)37)22-6-8-23(9-7-22)43(39,40)33-28-32-14-18-42-28;/h5-10,14,18-19,26H,11-13,15-17,20H2,1-4H3,(H,32,33);1H/t26-;/m0./s1. The number of thiazole rings is 1. The van der Waals surface area contributed by atoms with Crippen LogP contribution in [0, 0.1) is 6.92 Å². The van der Waals surface area contributed by atoms with Gasteiger partial charge in [-0.05, 0) is 82.9 Å². The first kappa shape index (κ1) is 29.4. The fraction of sp³-hybridized carbons (Fsp3) is 0.452. The van der Waals surface area contributed by atoms with Crippen LogP contribution in [0.3, 0.4) is 0 Å². The van der Waals surface area contributed by atoms with Crippen LogP contribution in [0.5, 0.6) is 0 Å². The van der Waals surface area contributed by atoms with Gasteiger partial charge in [0.15, 0.2) is 5.13 Å². The smallest absolute Gasteiger partial charge is 0.410 e. The zero-order valence-corrected chi connectivity index (χ0v) is 26.5. The zero-order chi connectivity index (χ0) is 30.6. The van der Waals surface area contributed by atoms with Gasteiger partial charge < -0.3 is 19.4 Å². The first-order chi connectivity index (χ1) is 20.4. The van der Waals surface area contributed by atoms with Crippen molar-refractivity contribution in [3.05, 3.63) is 65.2 Å². The van der Waals surface area contributed by atoms with Crippen LogP contribution >= 0.6 is 11.3 Å². The summed E-state index contributed by atoms with van der Waals surface area (Å²) in [5.74, 6) is 0.00582. The molecule has 1 N–H and O–H groups in total. The number of carbonyl (C=O) groups is 2. The number of fused-ring (bicyclic) bond motifs is 2. The molecule has 4 heterocycles. The Morgan fingerprint density at radius 2 is 1.84 bits per heavy atom. The molecule has 0 bridgehead atoms. The van der Waals surface area contributed by atoms with E-state index in [1.54, 1.807) is 27.3 Å². The van der Waals surface area contributed by atoms with E-state index in [1.165, 1.54) is 40.8 Å². The molecule has 3 aliphatic rings. The first-order valence-corrected chi connectivity index (χ1v) is 16.9. The van der Waals surface area contributed by atoms with Crippen LogP contribution in [0.15, 0.2) is 58.9 Å². The summed E-state index contributed by atoms with van der Waals surface area (Å²) in [5, 5.41) is 2.00. The van der Waals surface area contributed by atoms with Gasteiger partial charge in [-0.3, -0.25) is 9.52 Å². The highest BCUT2D eigenvalue weighted by Crippen LogP contribution is 2.49. The SMILES string of the molecule is Cc1ccc2c(c1)C1(CCN(C(=O)OC(C)(C)C)CC1)CN2[C@H]1CCN(c2ccc(S(=O)(=O)Nc3nccs3)cc2)C1=O.[HH]. The number of hydrogen-bond acceptors (Lipinski definition) is 8. The predicted octanol–water partition coefficient (Wildman–Crippen LogP) is 5.39. The second-order valence-corrected chi connectivity index (χ2v) is 15.2. The van der Waals surface area contributed by atoms with Gasteiger partial charge in [-0.1, -0.05) is 17.7 Å². The van der Waals surface area contributed by atoms with Crippen molar-refractivity contribution in [1.29, 1.82) is 0 Å². The number of amides is 2. The predicted molar refractivity (Wildman–Crippen MR) is 169 cm³/mol. The molecule has 2 amide bonds. The number of aromatic nitrogens is 1. The molecule has 6 rings (SSSR count). The van der Waals surface area contributed by atoms with Gasteiger partial charge >= 0.3 is 6.09 Å². The Labute approximate surface area is 258 Å². The van der Waals surface area contributed by atoms with E-state index in [2.05, 4.69) is 39.7 Å². The highest BCUT2D eigenvalue weighted by atomic mass is 32.2. The molecule has 3 aliphatic heterocycles. The molecule has 0 unspecified atom stereocenters. The summed E-state index contributed by atoms with van der Waals surface area (Å²) in [4.78, 5) is 36.5. The number of likely N-dealkylation sites (tertiary alicyclic amines) is 1. The number of carbonyl (C=O) groups excluding carboxylic acids is 2. The van der Waals surface area contributed by atoms with Gasteiger partial charge in [0.1, 0.15) is 11.6 Å². The second kappa shape index (κ2) is 10.8. The van der Waals surface area contributed by atoms with E-state index in [-0.39, 0.29) is 29.8 Å². The van der Waals surface area contributed by atoms with Crippen molar-refractivity contribution in [1.82, 2.24) is 9.88 Å². The summed E-state index contributed by atoms with van der Waals surface area (Å²) in [6, 6.07) is 12.6. The number of piperidine rings is 1. The van der Waals surface area contributed by atoms with Gasteiger partial charge in [0, 0.05) is 56.0 Å². The minimum absolute atomic E-state index is 0. The third-order valence-electron chi connectivity index (χ3n) is 8.54. The molecular weight excluding hydrogens is 587 g/mol. The van der Waals surface area contributed by atoms with Crippen LogP contribution in [0.2, 0.25) is 0 Å². The molecule has 0 radical (unpaired) electrons. The highest BCUT2D eigenvalue weighted by Gasteiger charge is 2.50. The highest BCUT2D eigenvalue weighted by molar-refractivity contribution is 7.93. The maximum atomic E-state index is 13.9. The Bertz CT molecular complexity index is 1630. The molecule has 230 valence electrons. The number of benzene rings is 2. The number of nitrogens with zero attached hydrogens (tertiary/aromatic N) is 4. The van der Waals surface area contributed by atoms with E-state index in [1.807, 2.05) is 20.8 Å². The van der Waals surface area contributed by atoms with Crippen LogP contribution in [-0.4, -0.2) is 68.1 Å². The first-order valence-electron chi connectivity index (χ1n) is 14.5. The summed E-state index contributed by atoms with van der Waals surface area (Å²) in [7, 11) is -3.78. The van der Waals surface area contributed by atoms with Crippen molar-refractivity contribution in [2.75, 3.05) is 40.7 Å². The Morgan fingerprint density at radius 3 is 2.49 bits per heavy atom. The molecule has 2 fully saturated rings. The molecule has 0 aliphatic carbocycles. The fourth-order valence-corrected chi connectivity index (χ4v) is 8.22. The van der Waals surface area contributed by atoms with E-state index in [9.17, 15) is 18.0 Å². The number of aryl methyl sites for hydroxylation is 1. The van der Waals surface area contributed by atoms with Crippen LogP contribution in [0.1, 0.15) is 52.6 Å². The van der Waals surface area contributed by atoms with Crippen LogP contribution in [-0.2, 0) is 25.0 Å². The van der Waals surface area contributed by atoms with Crippen molar-refractivity contribution < 1.29 is 24.2 Å². The van der Waals surface area contributed by atoms with Gasteiger partial charge in [0.25, 0.3) is 10.0 Å². The van der Waals surface area contributed by atoms with Crippen molar-refractivity contribution >= 4 is 49.9 Å². The minimum Gasteiger partial charge on any atom is -0.444 e. The summed E-state index contributed by atoms with van der Waals surface area (Å²) in [6.07, 6.45) is 3.53. The summed E-state index contributed by atoms with van der Waals surface area (Å²) in [5.41, 5.74) is 3.50. The number of anilines is 3. The quantitative estimate of drug-likeness (QED) is 0.405. The van der Waals surface area contributed by atoms with Crippen LogP contribution in [0.4, 0.5) is 21.3 Å². The maximum Gasteiger partial charge on any atom is 0.410 e. The van der Waals surface area contributed by atoms with Crippen LogP contribution < -0.4 is 14.5 Å². The lowest BCUT2D eigenvalue weighted by atomic mass is 9.74. The third kappa shape index (κ3) is 5.70. The average Bonchev–Trinajstić information content (AvgIpc) is 3.67. The molecule has 12 heteroatoms. The topological polar surface area (TPSA) is 112 Å². The van der Waals surface area contributed by atoms with Gasteiger partial charge in [0.2, 0.25) is 5.91 Å². The number of rotatable bonds is 5. The average molecular weight is 626 g/mol. The van der Waals surface area contributed by atoms with Crippen molar-refractivity contribution in [2.45, 2.75) is 68.9 Å². The number of sulfonamides is 1. The molecular formula is C31H39N5O5S2. The van der Waals surface area contributed by atoms with Gasteiger partial charge in [-0.15, -0.1) is 11.3 Å². The molecule has 2 aromatic carbocycles. The van der Waals surface area contributed by atoms with E-state index in [0.29, 0.717) is 36.9 Å².